The molecule has 0 unspecified atom stereocenters. The number of hydrogen-bond acceptors (Lipinski definition) is 5. The lowest BCUT2D eigenvalue weighted by atomic mass is 9.88. The van der Waals surface area contributed by atoms with Gasteiger partial charge in [-0.15, -0.1) is 0 Å². The van der Waals surface area contributed by atoms with E-state index in [4.69, 9.17) is 14.2 Å². The molecule has 0 atom stereocenters. The highest BCUT2D eigenvalue weighted by atomic mass is 19.4. The molecule has 5 nitrogen and oxygen atoms in total. The highest BCUT2D eigenvalue weighted by Crippen LogP contribution is 2.64. The van der Waals surface area contributed by atoms with Gasteiger partial charge in [0.05, 0.1) is 38.4 Å². The Morgan fingerprint density at radius 2 is 0.613 bits per heavy atom. The number of halogens is 17. The van der Waals surface area contributed by atoms with E-state index in [9.17, 15) is 79.4 Å². The van der Waals surface area contributed by atoms with Gasteiger partial charge in [-0.05, 0) is 31.4 Å². The number of benzene rings is 1. The maximum Gasteiger partial charge on any atom is 0.460 e. The quantitative estimate of drug-likeness (QED) is 0.0370. The van der Waals surface area contributed by atoms with E-state index in [1.165, 1.54) is 25.7 Å². The van der Waals surface area contributed by atoms with Crippen LogP contribution >= 0.6 is 0 Å². The van der Waals surface area contributed by atoms with Crippen molar-refractivity contribution in [3.8, 4) is 17.2 Å². The fourth-order valence-corrected chi connectivity index (χ4v) is 8.07. The Bertz CT molecular complexity index is 1640. The summed E-state index contributed by atoms with van der Waals surface area (Å²) in [6.07, 6.45) is 19.2. The Balaban J connectivity index is 3.40. The Morgan fingerprint density at radius 1 is 0.347 bits per heavy atom. The Kier molecular flexibility index (Phi) is 31.7. The van der Waals surface area contributed by atoms with Gasteiger partial charge in [0.15, 0.2) is 11.5 Å². The summed E-state index contributed by atoms with van der Waals surface area (Å²) in [5, 5.41) is 0. The van der Waals surface area contributed by atoms with Crippen molar-refractivity contribution in [3.05, 3.63) is 17.7 Å². The van der Waals surface area contributed by atoms with E-state index in [1.54, 1.807) is 0 Å². The SMILES string of the molecule is CCCCCCCCCCCCOc1cc(C(=O)OCCC(F)(F)C(F)(F)C(F)(F)C(F)(F)C(F)(F)C(F)(F)C(F)(F)C(F)(F)F)cc(OCCCCCCCCCCCC)c1OCCCCCCCCCCCC. The average Bonchev–Trinajstić information content (AvgIpc) is 3.33. The van der Waals surface area contributed by atoms with Crippen LogP contribution < -0.4 is 14.2 Å². The second-order valence-corrected chi connectivity index (χ2v) is 19.4. The molecule has 0 aromatic heterocycles. The molecule has 0 fully saturated rings. The third-order valence-electron chi connectivity index (χ3n) is 12.9. The van der Waals surface area contributed by atoms with Gasteiger partial charge in [0, 0.05) is 0 Å². The highest BCUT2D eigenvalue weighted by molar-refractivity contribution is 5.91. The number of carbonyl (C=O) groups is 1. The van der Waals surface area contributed by atoms with Crippen molar-refractivity contribution in [3.63, 3.8) is 0 Å². The Morgan fingerprint density at radius 3 is 0.920 bits per heavy atom. The normalized spacial score (nSPS) is 13.4. The minimum Gasteiger partial charge on any atom is -0.490 e. The van der Waals surface area contributed by atoms with Crippen LogP contribution in [0.1, 0.15) is 230 Å². The van der Waals surface area contributed by atoms with Crippen LogP contribution in [0.3, 0.4) is 0 Å². The molecule has 1 rings (SSSR count). The first-order valence-electron chi connectivity index (χ1n) is 27.0. The van der Waals surface area contributed by atoms with Crippen LogP contribution in [-0.2, 0) is 4.74 Å². The van der Waals surface area contributed by atoms with Crippen molar-refractivity contribution in [2.45, 2.75) is 267 Å². The fraction of sp³-hybridized carbons (Fsp3) is 0.868. The van der Waals surface area contributed by atoms with Crippen LogP contribution in [0.4, 0.5) is 74.6 Å². The van der Waals surface area contributed by atoms with Crippen LogP contribution in [0.2, 0.25) is 0 Å². The molecule has 0 saturated heterocycles. The second-order valence-electron chi connectivity index (χ2n) is 19.4. The van der Waals surface area contributed by atoms with E-state index < -0.39 is 72.2 Å². The van der Waals surface area contributed by atoms with E-state index >= 15 is 0 Å². The molecule has 0 aliphatic rings. The van der Waals surface area contributed by atoms with Gasteiger partial charge in [0.1, 0.15) is 0 Å². The summed E-state index contributed by atoms with van der Waals surface area (Å²) < 4.78 is 258. The van der Waals surface area contributed by atoms with Crippen molar-refractivity contribution in [2.24, 2.45) is 0 Å². The van der Waals surface area contributed by atoms with Gasteiger partial charge in [0.25, 0.3) is 0 Å². The van der Waals surface area contributed by atoms with Crippen molar-refractivity contribution in [2.75, 3.05) is 26.4 Å². The predicted octanol–water partition coefficient (Wildman–Crippen LogP) is 20.1. The zero-order valence-electron chi connectivity index (χ0n) is 43.9. The van der Waals surface area contributed by atoms with Gasteiger partial charge in [-0.2, -0.15) is 74.6 Å². The summed E-state index contributed by atoms with van der Waals surface area (Å²) in [5.74, 6) is -59.1. The van der Waals surface area contributed by atoms with Crippen molar-refractivity contribution in [1.29, 1.82) is 0 Å². The first kappa shape index (κ1) is 69.9. The van der Waals surface area contributed by atoms with E-state index in [0.717, 1.165) is 160 Å². The molecule has 0 saturated carbocycles. The van der Waals surface area contributed by atoms with Gasteiger partial charge in [-0.3, -0.25) is 0 Å². The first-order valence-corrected chi connectivity index (χ1v) is 27.0. The molecule has 0 N–H and O–H groups in total. The number of unbranched alkanes of at least 4 members (excludes halogenated alkanes) is 27. The minimum absolute atomic E-state index is 0.0475. The van der Waals surface area contributed by atoms with Gasteiger partial charge < -0.3 is 18.9 Å². The zero-order chi connectivity index (χ0) is 56.9. The largest absolute Gasteiger partial charge is 0.490 e. The third-order valence-corrected chi connectivity index (χ3v) is 12.9. The molecular formula is C53H81F17O5. The van der Waals surface area contributed by atoms with E-state index in [1.807, 2.05) is 0 Å². The summed E-state index contributed by atoms with van der Waals surface area (Å²) >= 11 is 0. The summed E-state index contributed by atoms with van der Waals surface area (Å²) in [6.45, 7) is 4.61. The molecule has 0 radical (unpaired) electrons. The molecule has 0 amide bonds. The number of hydrogen-bond donors (Lipinski definition) is 0. The topological polar surface area (TPSA) is 54.0 Å². The van der Waals surface area contributed by atoms with E-state index in [2.05, 4.69) is 25.5 Å². The molecule has 1 aromatic rings. The second kappa shape index (κ2) is 34.0. The molecule has 75 heavy (non-hydrogen) atoms. The Labute approximate surface area is 432 Å². The molecule has 0 bridgehead atoms. The molecule has 0 aliphatic heterocycles. The van der Waals surface area contributed by atoms with Gasteiger partial charge >= 0.3 is 53.6 Å². The maximum atomic E-state index is 14.8. The molecule has 442 valence electrons. The number of carbonyl (C=O) groups excluding carboxylic acids is 1. The number of esters is 1. The minimum atomic E-state index is -8.74. The van der Waals surface area contributed by atoms with Gasteiger partial charge in [-0.1, -0.05) is 194 Å². The lowest BCUT2D eigenvalue weighted by molar-refractivity contribution is -0.461. The van der Waals surface area contributed by atoms with Crippen LogP contribution in [-0.4, -0.2) is 80.0 Å². The standard InChI is InChI=1S/C53H81F17O5/c1-4-7-10-13-16-19-22-25-28-31-35-72-42-39-41(40-43(73-36-32-29-26-23-20-17-14-11-8-5-2)44(42)74-37-33-30-27-24-21-18-15-12-9-6-3)45(71)75-38-34-46(54,55)47(56,57)48(58,59)49(60,61)50(62,63)51(64,65)52(66,67)53(68,69)70/h39-40H,4-38H2,1-3H3. The number of ether oxygens (including phenoxy) is 4. The van der Waals surface area contributed by atoms with Crippen molar-refractivity contribution < 1.29 is 98.4 Å². The molecular weight excluding hydrogens is 1040 g/mol. The molecule has 0 aliphatic carbocycles. The molecule has 0 heterocycles. The maximum absolute atomic E-state index is 14.8. The smallest absolute Gasteiger partial charge is 0.460 e. The average molecular weight is 1120 g/mol. The highest BCUT2D eigenvalue weighted by Gasteiger charge is 2.95. The van der Waals surface area contributed by atoms with Crippen LogP contribution in [0.15, 0.2) is 12.1 Å². The fourth-order valence-electron chi connectivity index (χ4n) is 8.07. The lowest BCUT2D eigenvalue weighted by Gasteiger charge is -2.42. The van der Waals surface area contributed by atoms with Crippen LogP contribution in [0, 0.1) is 0 Å². The molecule has 22 heteroatoms. The third kappa shape index (κ3) is 21.2. The summed E-state index contributed by atoms with van der Waals surface area (Å²) in [5.41, 5.74) is -0.572. The Hall–Kier alpha value is -3.10. The van der Waals surface area contributed by atoms with Crippen molar-refractivity contribution >= 4 is 5.97 Å². The van der Waals surface area contributed by atoms with Gasteiger partial charge in [0.2, 0.25) is 5.75 Å². The number of rotatable bonds is 46. The van der Waals surface area contributed by atoms with Crippen LogP contribution in [0.5, 0.6) is 17.2 Å². The zero-order valence-corrected chi connectivity index (χ0v) is 43.9. The predicted molar refractivity (Wildman–Crippen MR) is 254 cm³/mol. The summed E-state index contributed by atoms with van der Waals surface area (Å²) in [7, 11) is 0. The summed E-state index contributed by atoms with van der Waals surface area (Å²) in [6, 6.07) is 2.06. The lowest BCUT2D eigenvalue weighted by Crippen LogP contribution is -2.74. The van der Waals surface area contributed by atoms with E-state index in [-0.39, 0.29) is 37.1 Å². The van der Waals surface area contributed by atoms with E-state index in [0.29, 0.717) is 19.3 Å². The monoisotopic (exact) mass is 1120 g/mol. The number of alkyl halides is 17. The van der Waals surface area contributed by atoms with Gasteiger partial charge in [-0.25, -0.2) is 4.79 Å². The van der Waals surface area contributed by atoms with Crippen molar-refractivity contribution in [1.82, 2.24) is 0 Å². The molecule has 1 aromatic carbocycles. The summed E-state index contributed by atoms with van der Waals surface area (Å²) in [4.78, 5) is 13.3. The van der Waals surface area contributed by atoms with Crippen LogP contribution in [0.25, 0.3) is 0 Å². The first-order chi connectivity index (χ1) is 35.1. The molecule has 0 spiro atoms.